The van der Waals surface area contributed by atoms with E-state index in [1.54, 1.807) is 6.07 Å². The van der Waals surface area contributed by atoms with Crippen LogP contribution in [0.5, 0.6) is 0 Å². The van der Waals surface area contributed by atoms with E-state index in [9.17, 15) is 13.2 Å². The van der Waals surface area contributed by atoms with Crippen molar-refractivity contribution in [3.8, 4) is 0 Å². The fraction of sp³-hybridized carbons (Fsp3) is 0.500. The molecule has 84 valence electrons. The molecule has 1 aromatic heterocycles. The van der Waals surface area contributed by atoms with Crippen LogP contribution >= 0.6 is 0 Å². The maximum Gasteiger partial charge on any atom is 0.433 e. The van der Waals surface area contributed by atoms with E-state index >= 15 is 0 Å². The van der Waals surface area contributed by atoms with Gasteiger partial charge in [-0.15, -0.1) is 0 Å². The third-order valence-electron chi connectivity index (χ3n) is 2.12. The van der Waals surface area contributed by atoms with Crippen molar-refractivity contribution in [2.24, 2.45) is 0 Å². The lowest BCUT2D eigenvalue weighted by molar-refractivity contribution is -0.429. The summed E-state index contributed by atoms with van der Waals surface area (Å²) >= 11 is 0. The van der Waals surface area contributed by atoms with Gasteiger partial charge in [0.05, 0.1) is 5.69 Å². The Labute approximate surface area is 86.3 Å². The highest BCUT2D eigenvalue weighted by Gasteiger charge is 2.32. The summed E-state index contributed by atoms with van der Waals surface area (Å²) in [5.41, 5.74) is 3.36. The number of alkyl halides is 3. The molecule has 1 unspecified atom stereocenters. The SMILES string of the molecule is CCCC([NH3+])c1cccc(C(F)(F)F)n1. The number of quaternary nitrogens is 1. The third-order valence-corrected chi connectivity index (χ3v) is 2.12. The monoisotopic (exact) mass is 219 g/mol. The van der Waals surface area contributed by atoms with Crippen LogP contribution in [0.3, 0.4) is 0 Å². The summed E-state index contributed by atoms with van der Waals surface area (Å²) in [5.74, 6) is 0. The molecule has 0 saturated carbocycles. The van der Waals surface area contributed by atoms with Crippen LogP contribution in [0.2, 0.25) is 0 Å². The Kier molecular flexibility index (Phi) is 3.68. The van der Waals surface area contributed by atoms with Gasteiger partial charge < -0.3 is 5.73 Å². The Hall–Kier alpha value is -1.10. The number of hydrogen-bond acceptors (Lipinski definition) is 1. The van der Waals surface area contributed by atoms with Gasteiger partial charge in [-0.3, -0.25) is 0 Å². The molecule has 1 aromatic rings. The van der Waals surface area contributed by atoms with E-state index in [4.69, 9.17) is 0 Å². The average molecular weight is 219 g/mol. The van der Waals surface area contributed by atoms with E-state index in [1.807, 2.05) is 6.92 Å². The second kappa shape index (κ2) is 4.61. The number of hydrogen-bond donors (Lipinski definition) is 1. The Morgan fingerprint density at radius 2 is 2.07 bits per heavy atom. The van der Waals surface area contributed by atoms with E-state index in [1.165, 1.54) is 6.07 Å². The van der Waals surface area contributed by atoms with Gasteiger partial charge in [0, 0.05) is 6.42 Å². The molecule has 3 N–H and O–H groups in total. The number of halogens is 3. The maximum absolute atomic E-state index is 12.3. The maximum atomic E-state index is 12.3. The molecule has 15 heavy (non-hydrogen) atoms. The minimum Gasteiger partial charge on any atom is -0.350 e. The molecule has 0 saturated heterocycles. The molecule has 0 spiro atoms. The summed E-state index contributed by atoms with van der Waals surface area (Å²) in [4.78, 5) is 3.58. The van der Waals surface area contributed by atoms with E-state index in [0.29, 0.717) is 5.69 Å². The van der Waals surface area contributed by atoms with Crippen molar-refractivity contribution in [2.75, 3.05) is 0 Å². The number of rotatable bonds is 3. The van der Waals surface area contributed by atoms with Gasteiger partial charge in [0.1, 0.15) is 11.7 Å². The molecule has 5 heteroatoms. The second-order valence-corrected chi connectivity index (χ2v) is 3.43. The van der Waals surface area contributed by atoms with Crippen molar-refractivity contribution in [3.05, 3.63) is 29.6 Å². The van der Waals surface area contributed by atoms with Gasteiger partial charge in [0.2, 0.25) is 0 Å². The molecule has 0 fully saturated rings. The van der Waals surface area contributed by atoms with Gasteiger partial charge in [0.25, 0.3) is 0 Å². The molecule has 0 aromatic carbocycles. The predicted molar refractivity (Wildman–Crippen MR) is 49.8 cm³/mol. The Bertz CT molecular complexity index is 323. The molecule has 0 aliphatic heterocycles. The summed E-state index contributed by atoms with van der Waals surface area (Å²) in [7, 11) is 0. The Morgan fingerprint density at radius 1 is 1.40 bits per heavy atom. The minimum atomic E-state index is -4.37. The zero-order chi connectivity index (χ0) is 11.5. The zero-order valence-electron chi connectivity index (χ0n) is 8.51. The highest BCUT2D eigenvalue weighted by atomic mass is 19.4. The first kappa shape index (κ1) is 12.0. The fourth-order valence-corrected chi connectivity index (χ4v) is 1.33. The van der Waals surface area contributed by atoms with Crippen LogP contribution in [-0.2, 0) is 6.18 Å². The second-order valence-electron chi connectivity index (χ2n) is 3.43. The lowest BCUT2D eigenvalue weighted by Gasteiger charge is -2.10. The van der Waals surface area contributed by atoms with Crippen molar-refractivity contribution in [1.29, 1.82) is 0 Å². The van der Waals surface area contributed by atoms with Crippen LogP contribution in [0.25, 0.3) is 0 Å². The summed E-state index contributed by atoms with van der Waals surface area (Å²) in [6, 6.07) is 3.77. The van der Waals surface area contributed by atoms with E-state index in [-0.39, 0.29) is 6.04 Å². The van der Waals surface area contributed by atoms with Crippen LogP contribution < -0.4 is 5.73 Å². The summed E-state index contributed by atoms with van der Waals surface area (Å²) in [5, 5.41) is 0. The average Bonchev–Trinajstić information content (AvgIpc) is 2.17. The number of nitrogens with zero attached hydrogens (tertiary/aromatic N) is 1. The number of aromatic nitrogens is 1. The predicted octanol–water partition coefficient (Wildman–Crippen LogP) is 2.18. The largest absolute Gasteiger partial charge is 0.433 e. The standard InChI is InChI=1S/C10H13F3N2/c1-2-4-7(14)8-5-3-6-9(15-8)10(11,12)13/h3,5-7H,2,4,14H2,1H3/p+1. The Balaban J connectivity index is 2.92. The summed E-state index contributed by atoms with van der Waals surface area (Å²) < 4.78 is 37.0. The molecule has 1 rings (SSSR count). The first-order valence-corrected chi connectivity index (χ1v) is 4.82. The molecular weight excluding hydrogens is 205 g/mol. The van der Waals surface area contributed by atoms with Crippen molar-refractivity contribution in [1.82, 2.24) is 4.98 Å². The van der Waals surface area contributed by atoms with Crippen LogP contribution in [0.4, 0.5) is 13.2 Å². The molecule has 0 radical (unpaired) electrons. The zero-order valence-corrected chi connectivity index (χ0v) is 8.51. The van der Waals surface area contributed by atoms with Gasteiger partial charge in [-0.25, -0.2) is 4.98 Å². The van der Waals surface area contributed by atoms with Gasteiger partial charge >= 0.3 is 6.18 Å². The lowest BCUT2D eigenvalue weighted by atomic mass is 10.1. The molecule has 1 atom stereocenters. The smallest absolute Gasteiger partial charge is 0.350 e. The van der Waals surface area contributed by atoms with Gasteiger partial charge in [-0.2, -0.15) is 13.2 Å². The normalized spacial score (nSPS) is 13.9. The first-order valence-electron chi connectivity index (χ1n) is 4.82. The molecule has 2 nitrogen and oxygen atoms in total. The van der Waals surface area contributed by atoms with Gasteiger partial charge in [-0.05, 0) is 12.1 Å². The summed E-state index contributed by atoms with van der Waals surface area (Å²) in [6.07, 6.45) is -2.75. The molecular formula is C10H14F3N2+. The molecule has 0 amide bonds. The van der Waals surface area contributed by atoms with E-state index in [0.717, 1.165) is 18.9 Å². The molecule has 1 heterocycles. The molecule has 0 aliphatic rings. The van der Waals surface area contributed by atoms with Crippen molar-refractivity contribution in [3.63, 3.8) is 0 Å². The van der Waals surface area contributed by atoms with Crippen molar-refractivity contribution in [2.45, 2.75) is 32.0 Å². The van der Waals surface area contributed by atoms with Crippen LogP contribution in [0, 0.1) is 0 Å². The highest BCUT2D eigenvalue weighted by Crippen LogP contribution is 2.28. The van der Waals surface area contributed by atoms with Crippen LogP contribution in [0.1, 0.15) is 37.2 Å². The minimum absolute atomic E-state index is 0.169. The fourth-order valence-electron chi connectivity index (χ4n) is 1.33. The molecule has 0 bridgehead atoms. The first-order chi connectivity index (χ1) is 6.95. The van der Waals surface area contributed by atoms with Crippen molar-refractivity contribution >= 4 is 0 Å². The summed E-state index contributed by atoms with van der Waals surface area (Å²) in [6.45, 7) is 1.96. The quantitative estimate of drug-likeness (QED) is 0.831. The molecule has 0 aliphatic carbocycles. The van der Waals surface area contributed by atoms with Crippen LogP contribution in [0.15, 0.2) is 18.2 Å². The lowest BCUT2D eigenvalue weighted by Crippen LogP contribution is -2.53. The highest BCUT2D eigenvalue weighted by molar-refractivity contribution is 5.15. The number of pyridine rings is 1. The van der Waals surface area contributed by atoms with Gasteiger partial charge in [-0.1, -0.05) is 19.4 Å². The topological polar surface area (TPSA) is 40.5 Å². The van der Waals surface area contributed by atoms with Crippen LogP contribution in [-0.4, -0.2) is 4.98 Å². The van der Waals surface area contributed by atoms with E-state index < -0.39 is 11.9 Å². The van der Waals surface area contributed by atoms with Crippen molar-refractivity contribution < 1.29 is 18.9 Å². The van der Waals surface area contributed by atoms with E-state index in [2.05, 4.69) is 10.7 Å². The Morgan fingerprint density at radius 3 is 2.60 bits per heavy atom. The van der Waals surface area contributed by atoms with Gasteiger partial charge in [0.15, 0.2) is 0 Å². The third kappa shape index (κ3) is 3.20.